The molecule has 0 aliphatic carbocycles. The van der Waals surface area contributed by atoms with Crippen molar-refractivity contribution in [1.82, 2.24) is 5.32 Å². The van der Waals surface area contributed by atoms with E-state index >= 15 is 0 Å². The lowest BCUT2D eigenvalue weighted by Gasteiger charge is -2.19. The first-order valence-corrected chi connectivity index (χ1v) is 10.2. The molecule has 1 fully saturated rings. The zero-order chi connectivity index (χ0) is 18.0. The van der Waals surface area contributed by atoms with E-state index in [1.807, 2.05) is 30.3 Å². The zero-order valence-corrected chi connectivity index (χ0v) is 15.3. The molecule has 0 aromatic heterocycles. The topological polar surface area (TPSA) is 66.5 Å². The molecule has 7 heteroatoms. The van der Waals surface area contributed by atoms with Gasteiger partial charge in [-0.05, 0) is 36.8 Å². The average Bonchev–Trinajstić information content (AvgIpc) is 3.03. The van der Waals surface area contributed by atoms with E-state index in [2.05, 4.69) is 10.2 Å². The molecule has 132 valence electrons. The molecule has 1 saturated heterocycles. The summed E-state index contributed by atoms with van der Waals surface area (Å²) in [5.41, 5.74) is 1.30. The van der Waals surface area contributed by atoms with Gasteiger partial charge < -0.3 is 10.2 Å². The van der Waals surface area contributed by atoms with Crippen molar-refractivity contribution in [2.45, 2.75) is 17.4 Å². The van der Waals surface area contributed by atoms with Gasteiger partial charge in [0.1, 0.15) is 0 Å². The summed E-state index contributed by atoms with van der Waals surface area (Å²) in [6.07, 6.45) is 1.93. The van der Waals surface area contributed by atoms with E-state index in [0.717, 1.165) is 24.9 Å². The van der Waals surface area contributed by atoms with Gasteiger partial charge >= 0.3 is 0 Å². The summed E-state index contributed by atoms with van der Waals surface area (Å²) in [7, 11) is -3.39. The van der Waals surface area contributed by atoms with Crippen LogP contribution in [0.25, 0.3) is 0 Å². The molecule has 0 bridgehead atoms. The van der Waals surface area contributed by atoms with Crippen LogP contribution in [-0.4, -0.2) is 39.7 Å². The summed E-state index contributed by atoms with van der Waals surface area (Å²) in [5.74, 6) is -0.351. The molecule has 2 aromatic rings. The van der Waals surface area contributed by atoms with Crippen LogP contribution >= 0.6 is 11.6 Å². The normalized spacial score (nSPS) is 17.5. The Labute approximate surface area is 152 Å². The van der Waals surface area contributed by atoms with Crippen LogP contribution in [0.4, 0.5) is 5.69 Å². The third-order valence-electron chi connectivity index (χ3n) is 4.26. The molecule has 1 amide bonds. The van der Waals surface area contributed by atoms with Crippen LogP contribution in [0.3, 0.4) is 0 Å². The lowest BCUT2D eigenvalue weighted by molar-refractivity contribution is 0.0940. The quantitative estimate of drug-likeness (QED) is 0.888. The summed E-state index contributed by atoms with van der Waals surface area (Å²) in [6.45, 7) is 1.56. The minimum absolute atomic E-state index is 0.00865. The number of benzene rings is 2. The van der Waals surface area contributed by atoms with Crippen LogP contribution in [0.2, 0.25) is 5.02 Å². The highest BCUT2D eigenvalue weighted by Crippen LogP contribution is 2.23. The minimum atomic E-state index is -3.39. The summed E-state index contributed by atoms with van der Waals surface area (Å²) in [6, 6.07) is 14.2. The maximum absolute atomic E-state index is 12.5. The Morgan fingerprint density at radius 2 is 1.92 bits per heavy atom. The van der Waals surface area contributed by atoms with Crippen LogP contribution in [0, 0.1) is 0 Å². The highest BCUT2D eigenvalue weighted by Gasteiger charge is 2.25. The van der Waals surface area contributed by atoms with Crippen molar-refractivity contribution in [2.75, 3.05) is 24.2 Å². The fourth-order valence-corrected chi connectivity index (χ4v) is 3.77. The van der Waals surface area contributed by atoms with Crippen LogP contribution in [0.5, 0.6) is 0 Å². The number of carbonyl (C=O) groups is 1. The molecule has 1 N–H and O–H groups in total. The number of rotatable bonds is 4. The molecule has 0 saturated carbocycles. The fourth-order valence-electron chi connectivity index (χ4n) is 2.92. The van der Waals surface area contributed by atoms with Gasteiger partial charge in [-0.1, -0.05) is 29.8 Å². The van der Waals surface area contributed by atoms with Gasteiger partial charge in [-0.25, -0.2) is 8.42 Å². The monoisotopic (exact) mass is 378 g/mol. The number of para-hydroxylation sites is 1. The molecule has 1 heterocycles. The maximum Gasteiger partial charge on any atom is 0.253 e. The van der Waals surface area contributed by atoms with E-state index < -0.39 is 9.84 Å². The predicted molar refractivity (Wildman–Crippen MR) is 99.1 cm³/mol. The first-order valence-electron chi connectivity index (χ1n) is 7.95. The number of halogens is 1. The Morgan fingerprint density at radius 3 is 2.60 bits per heavy atom. The van der Waals surface area contributed by atoms with Crippen LogP contribution in [0.1, 0.15) is 16.8 Å². The molecule has 0 radical (unpaired) electrons. The van der Waals surface area contributed by atoms with E-state index in [0.29, 0.717) is 6.54 Å². The lowest BCUT2D eigenvalue weighted by atomic mass is 10.2. The van der Waals surface area contributed by atoms with Gasteiger partial charge in [0.25, 0.3) is 5.91 Å². The Hall–Kier alpha value is -2.05. The largest absolute Gasteiger partial charge is 0.369 e. The molecule has 5 nitrogen and oxygen atoms in total. The van der Waals surface area contributed by atoms with Gasteiger partial charge in [0.05, 0.1) is 15.5 Å². The van der Waals surface area contributed by atoms with Crippen LogP contribution in [0.15, 0.2) is 53.4 Å². The average molecular weight is 379 g/mol. The Morgan fingerprint density at radius 1 is 1.20 bits per heavy atom. The second kappa shape index (κ2) is 7.06. The van der Waals surface area contributed by atoms with Gasteiger partial charge in [-0.15, -0.1) is 0 Å². The van der Waals surface area contributed by atoms with Crippen molar-refractivity contribution in [2.24, 2.45) is 0 Å². The van der Waals surface area contributed by atoms with E-state index in [-0.39, 0.29) is 27.4 Å². The Balaban J connectivity index is 1.71. The van der Waals surface area contributed by atoms with Gasteiger partial charge in [0.2, 0.25) is 0 Å². The summed E-state index contributed by atoms with van der Waals surface area (Å²) in [5, 5.41) is 3.19. The lowest BCUT2D eigenvalue weighted by Crippen LogP contribution is -2.37. The third-order valence-corrected chi connectivity index (χ3v) is 5.70. The van der Waals surface area contributed by atoms with Crippen molar-refractivity contribution in [1.29, 1.82) is 0 Å². The minimum Gasteiger partial charge on any atom is -0.369 e. The van der Waals surface area contributed by atoms with Crippen molar-refractivity contribution in [3.8, 4) is 0 Å². The molecule has 1 aliphatic rings. The number of anilines is 1. The van der Waals surface area contributed by atoms with Crippen molar-refractivity contribution in [3.05, 3.63) is 59.1 Å². The molecular weight excluding hydrogens is 360 g/mol. The first kappa shape index (κ1) is 17.8. The number of nitrogens with one attached hydrogen (secondary N) is 1. The van der Waals surface area contributed by atoms with Gasteiger partial charge in [0, 0.05) is 31.1 Å². The van der Waals surface area contributed by atoms with Gasteiger partial charge in [-0.2, -0.15) is 0 Å². The second-order valence-corrected chi connectivity index (χ2v) is 8.58. The number of sulfone groups is 1. The smallest absolute Gasteiger partial charge is 0.253 e. The van der Waals surface area contributed by atoms with Crippen molar-refractivity contribution in [3.63, 3.8) is 0 Å². The van der Waals surface area contributed by atoms with E-state index in [4.69, 9.17) is 11.6 Å². The number of hydrogen-bond acceptors (Lipinski definition) is 4. The maximum atomic E-state index is 12.5. The molecular formula is C18H19ClN2O3S. The third kappa shape index (κ3) is 4.14. The molecule has 1 aliphatic heterocycles. The van der Waals surface area contributed by atoms with Crippen molar-refractivity contribution >= 4 is 33.0 Å². The summed E-state index contributed by atoms with van der Waals surface area (Å²) >= 11 is 6.09. The summed E-state index contributed by atoms with van der Waals surface area (Å²) in [4.78, 5) is 14.8. The van der Waals surface area contributed by atoms with E-state index in [1.54, 1.807) is 0 Å². The van der Waals surface area contributed by atoms with E-state index in [1.165, 1.54) is 18.2 Å². The first-order chi connectivity index (χ1) is 11.8. The standard InChI is InChI=1S/C18H19ClN2O3S/c1-25(23,24)15-7-8-17(19)16(11-15)18(22)20-13-9-10-21(12-13)14-5-3-2-4-6-14/h2-8,11,13H,9-10,12H2,1H3,(H,20,22). The molecule has 1 unspecified atom stereocenters. The number of nitrogens with zero attached hydrogens (tertiary/aromatic N) is 1. The van der Waals surface area contributed by atoms with Crippen molar-refractivity contribution < 1.29 is 13.2 Å². The number of hydrogen-bond donors (Lipinski definition) is 1. The fraction of sp³-hybridized carbons (Fsp3) is 0.278. The Bertz CT molecular complexity index is 884. The second-order valence-electron chi connectivity index (χ2n) is 6.15. The van der Waals surface area contributed by atoms with E-state index in [9.17, 15) is 13.2 Å². The highest BCUT2D eigenvalue weighted by atomic mass is 35.5. The highest BCUT2D eigenvalue weighted by molar-refractivity contribution is 7.90. The van der Waals surface area contributed by atoms with Gasteiger partial charge in [-0.3, -0.25) is 4.79 Å². The molecule has 25 heavy (non-hydrogen) atoms. The molecule has 3 rings (SSSR count). The number of carbonyl (C=O) groups excluding carboxylic acids is 1. The zero-order valence-electron chi connectivity index (χ0n) is 13.8. The van der Waals surface area contributed by atoms with Crippen LogP contribution < -0.4 is 10.2 Å². The number of amides is 1. The summed E-state index contributed by atoms with van der Waals surface area (Å²) < 4.78 is 23.4. The van der Waals surface area contributed by atoms with Gasteiger partial charge in [0.15, 0.2) is 9.84 Å². The molecule has 2 aromatic carbocycles. The molecule has 0 spiro atoms. The predicted octanol–water partition coefficient (Wildman–Crippen LogP) is 2.75. The Kier molecular flexibility index (Phi) is 5.01. The SMILES string of the molecule is CS(=O)(=O)c1ccc(Cl)c(C(=O)NC2CCN(c3ccccc3)C2)c1. The molecule has 1 atom stereocenters. The van der Waals surface area contributed by atoms with Crippen LogP contribution in [-0.2, 0) is 9.84 Å².